The van der Waals surface area contributed by atoms with Crippen molar-refractivity contribution in [3.05, 3.63) is 0 Å². The van der Waals surface area contributed by atoms with Crippen molar-refractivity contribution in [2.75, 3.05) is 6.54 Å². The summed E-state index contributed by atoms with van der Waals surface area (Å²) in [5.41, 5.74) is 0. The van der Waals surface area contributed by atoms with E-state index in [1.54, 1.807) is 0 Å². The lowest BCUT2D eigenvalue weighted by Crippen LogP contribution is -2.23. The number of carbonyl (C=O) groups is 1. The smallest absolute Gasteiger partial charge is 0.148 e. The van der Waals surface area contributed by atoms with Gasteiger partial charge >= 0.3 is 0 Å². The standard InChI is InChI=1S/C14H27NO/c1-10(2)7-12(11(3)4)5-6-13-8-14(16)9-15-13/h10-13,15H,5-9H2,1-4H3. The quantitative estimate of drug-likeness (QED) is 0.753. The highest BCUT2D eigenvalue weighted by molar-refractivity contribution is 5.83. The molecule has 0 amide bonds. The van der Waals surface area contributed by atoms with Gasteiger partial charge in [-0.2, -0.15) is 0 Å². The Hall–Kier alpha value is -0.370. The number of Topliss-reactive ketones (excluding diaryl/α,β-unsaturated/α-hetero) is 1. The fraction of sp³-hybridized carbons (Fsp3) is 0.929. The Morgan fingerprint density at radius 3 is 2.44 bits per heavy atom. The van der Waals surface area contributed by atoms with Crippen molar-refractivity contribution in [3.63, 3.8) is 0 Å². The minimum absolute atomic E-state index is 0.384. The molecule has 2 unspecified atom stereocenters. The Morgan fingerprint density at radius 1 is 1.31 bits per heavy atom. The first-order valence-electron chi connectivity index (χ1n) is 6.74. The third kappa shape index (κ3) is 4.65. The van der Waals surface area contributed by atoms with E-state index >= 15 is 0 Å². The largest absolute Gasteiger partial charge is 0.307 e. The van der Waals surface area contributed by atoms with E-state index in [0.717, 1.165) is 24.2 Å². The molecule has 2 heteroatoms. The summed E-state index contributed by atoms with van der Waals surface area (Å²) in [6.45, 7) is 9.83. The van der Waals surface area contributed by atoms with E-state index in [1.165, 1.54) is 19.3 Å². The molecule has 0 bridgehead atoms. The van der Waals surface area contributed by atoms with Crippen LogP contribution in [0.4, 0.5) is 0 Å². The lowest BCUT2D eigenvalue weighted by Gasteiger charge is -2.24. The molecule has 1 aliphatic rings. The summed E-state index contributed by atoms with van der Waals surface area (Å²) in [5, 5.41) is 3.30. The average molecular weight is 225 g/mol. The normalized spacial score (nSPS) is 23.4. The summed E-state index contributed by atoms with van der Waals surface area (Å²) < 4.78 is 0. The lowest BCUT2D eigenvalue weighted by molar-refractivity contribution is -0.116. The SMILES string of the molecule is CC(C)CC(CCC1CC(=O)CN1)C(C)C. The van der Waals surface area contributed by atoms with E-state index in [0.29, 0.717) is 18.4 Å². The summed E-state index contributed by atoms with van der Waals surface area (Å²) >= 11 is 0. The molecule has 0 aliphatic carbocycles. The zero-order valence-corrected chi connectivity index (χ0v) is 11.3. The highest BCUT2D eigenvalue weighted by Crippen LogP contribution is 2.26. The number of rotatable bonds is 6. The Labute approximate surface area is 100 Å². The van der Waals surface area contributed by atoms with E-state index < -0.39 is 0 Å². The van der Waals surface area contributed by atoms with E-state index in [9.17, 15) is 4.79 Å². The van der Waals surface area contributed by atoms with Crippen molar-refractivity contribution in [1.29, 1.82) is 0 Å². The fourth-order valence-electron chi connectivity index (χ4n) is 2.63. The van der Waals surface area contributed by atoms with E-state index in [2.05, 4.69) is 33.0 Å². The second-order valence-electron chi connectivity index (χ2n) is 6.03. The van der Waals surface area contributed by atoms with E-state index in [-0.39, 0.29) is 0 Å². The number of hydrogen-bond acceptors (Lipinski definition) is 2. The van der Waals surface area contributed by atoms with Gasteiger partial charge in [0.25, 0.3) is 0 Å². The van der Waals surface area contributed by atoms with Gasteiger partial charge in [-0.1, -0.05) is 27.7 Å². The predicted octanol–water partition coefficient (Wildman–Crippen LogP) is 3.02. The lowest BCUT2D eigenvalue weighted by atomic mass is 9.83. The van der Waals surface area contributed by atoms with Crippen LogP contribution < -0.4 is 5.32 Å². The van der Waals surface area contributed by atoms with Crippen molar-refractivity contribution in [2.24, 2.45) is 17.8 Å². The monoisotopic (exact) mass is 225 g/mol. The second kappa shape index (κ2) is 6.39. The maximum atomic E-state index is 11.1. The van der Waals surface area contributed by atoms with Crippen molar-refractivity contribution < 1.29 is 4.79 Å². The van der Waals surface area contributed by atoms with Crippen molar-refractivity contribution >= 4 is 5.78 Å². The third-order valence-corrected chi connectivity index (χ3v) is 3.66. The zero-order valence-electron chi connectivity index (χ0n) is 11.3. The first-order valence-corrected chi connectivity index (χ1v) is 6.74. The van der Waals surface area contributed by atoms with Crippen LogP contribution in [-0.4, -0.2) is 18.4 Å². The van der Waals surface area contributed by atoms with Gasteiger partial charge in [0.05, 0.1) is 6.54 Å². The topological polar surface area (TPSA) is 29.1 Å². The minimum Gasteiger partial charge on any atom is -0.307 e. The Kier molecular flexibility index (Phi) is 5.47. The van der Waals surface area contributed by atoms with Crippen LogP contribution in [-0.2, 0) is 4.79 Å². The molecule has 0 radical (unpaired) electrons. The van der Waals surface area contributed by atoms with Gasteiger partial charge < -0.3 is 5.32 Å². The van der Waals surface area contributed by atoms with Crippen molar-refractivity contribution in [3.8, 4) is 0 Å². The van der Waals surface area contributed by atoms with E-state index in [1.807, 2.05) is 0 Å². The minimum atomic E-state index is 0.384. The van der Waals surface area contributed by atoms with Gasteiger partial charge in [0.15, 0.2) is 0 Å². The van der Waals surface area contributed by atoms with E-state index in [4.69, 9.17) is 0 Å². The van der Waals surface area contributed by atoms with Gasteiger partial charge in [-0.3, -0.25) is 4.79 Å². The van der Waals surface area contributed by atoms with Crippen LogP contribution in [0.5, 0.6) is 0 Å². The predicted molar refractivity (Wildman–Crippen MR) is 68.4 cm³/mol. The summed E-state index contributed by atoms with van der Waals surface area (Å²) in [5.74, 6) is 2.75. The molecule has 1 N–H and O–H groups in total. The molecule has 1 heterocycles. The van der Waals surface area contributed by atoms with Crippen LogP contribution in [0.1, 0.15) is 53.4 Å². The molecular weight excluding hydrogens is 198 g/mol. The Morgan fingerprint density at radius 2 is 2.00 bits per heavy atom. The summed E-state index contributed by atoms with van der Waals surface area (Å²) in [7, 11) is 0. The number of carbonyl (C=O) groups excluding carboxylic acids is 1. The van der Waals surface area contributed by atoms with Gasteiger partial charge in [-0.05, 0) is 37.0 Å². The molecule has 1 saturated heterocycles. The molecule has 1 aliphatic heterocycles. The second-order valence-corrected chi connectivity index (χ2v) is 6.03. The highest BCUT2D eigenvalue weighted by Gasteiger charge is 2.23. The third-order valence-electron chi connectivity index (χ3n) is 3.66. The molecule has 1 rings (SSSR count). The van der Waals surface area contributed by atoms with Gasteiger partial charge in [0, 0.05) is 12.5 Å². The molecular formula is C14H27NO. The molecule has 1 fully saturated rings. The van der Waals surface area contributed by atoms with Gasteiger partial charge in [-0.15, -0.1) is 0 Å². The molecule has 0 aromatic heterocycles. The van der Waals surface area contributed by atoms with Crippen molar-refractivity contribution in [2.45, 2.75) is 59.4 Å². The maximum Gasteiger partial charge on any atom is 0.148 e. The molecule has 94 valence electrons. The molecule has 0 aromatic carbocycles. The fourth-order valence-corrected chi connectivity index (χ4v) is 2.63. The molecule has 16 heavy (non-hydrogen) atoms. The van der Waals surface area contributed by atoms with Crippen LogP contribution in [0, 0.1) is 17.8 Å². The zero-order chi connectivity index (χ0) is 12.1. The maximum absolute atomic E-state index is 11.1. The molecule has 0 spiro atoms. The van der Waals surface area contributed by atoms with Crippen LogP contribution >= 0.6 is 0 Å². The first-order chi connectivity index (χ1) is 7.49. The van der Waals surface area contributed by atoms with Crippen LogP contribution in [0.15, 0.2) is 0 Å². The van der Waals surface area contributed by atoms with Gasteiger partial charge in [0.1, 0.15) is 5.78 Å². The summed E-state index contributed by atoms with van der Waals surface area (Å²) in [4.78, 5) is 11.1. The Bertz CT molecular complexity index is 223. The molecule has 0 aromatic rings. The van der Waals surface area contributed by atoms with Crippen LogP contribution in [0.25, 0.3) is 0 Å². The molecule has 0 saturated carbocycles. The summed E-state index contributed by atoms with van der Waals surface area (Å²) in [6, 6.07) is 0.459. The molecule has 2 nitrogen and oxygen atoms in total. The summed E-state index contributed by atoms with van der Waals surface area (Å²) in [6.07, 6.45) is 4.51. The van der Waals surface area contributed by atoms with Gasteiger partial charge in [-0.25, -0.2) is 0 Å². The van der Waals surface area contributed by atoms with Crippen molar-refractivity contribution in [1.82, 2.24) is 5.32 Å². The first kappa shape index (κ1) is 13.7. The number of ketones is 1. The van der Waals surface area contributed by atoms with Crippen LogP contribution in [0.2, 0.25) is 0 Å². The number of nitrogens with one attached hydrogen (secondary N) is 1. The number of hydrogen-bond donors (Lipinski definition) is 1. The van der Waals surface area contributed by atoms with Gasteiger partial charge in [0.2, 0.25) is 0 Å². The van der Waals surface area contributed by atoms with Crippen LogP contribution in [0.3, 0.4) is 0 Å². The average Bonchev–Trinajstić information content (AvgIpc) is 2.58. The Balaban J connectivity index is 2.29. The highest BCUT2D eigenvalue weighted by atomic mass is 16.1. The molecule has 2 atom stereocenters.